The highest BCUT2D eigenvalue weighted by Crippen LogP contribution is 2.40. The lowest BCUT2D eigenvalue weighted by Gasteiger charge is -2.19. The molecule has 0 heterocycles. The maximum atomic E-state index is 7.79. The summed E-state index contributed by atoms with van der Waals surface area (Å²) in [5, 5.41) is 7.96. The summed E-state index contributed by atoms with van der Waals surface area (Å²) in [6.07, 6.45) is 9.86. The zero-order valence-electron chi connectivity index (χ0n) is 19.1. The van der Waals surface area contributed by atoms with Crippen molar-refractivity contribution in [2.75, 3.05) is 5.73 Å². The second kappa shape index (κ2) is 13.6. The summed E-state index contributed by atoms with van der Waals surface area (Å²) in [7, 11) is 0. The van der Waals surface area contributed by atoms with E-state index in [-0.39, 0.29) is 5.25 Å². The molecule has 0 aromatic heterocycles. The van der Waals surface area contributed by atoms with Gasteiger partial charge in [-0.25, -0.2) is 0 Å². The molecule has 0 radical (unpaired) electrons. The Balaban J connectivity index is 0.00000218. The van der Waals surface area contributed by atoms with Crippen molar-refractivity contribution in [2.24, 2.45) is 4.99 Å². The zero-order valence-corrected chi connectivity index (χ0v) is 19.9. The third-order valence-electron chi connectivity index (χ3n) is 4.59. The normalized spacial score (nSPS) is 12.7. The molecule has 0 spiro atoms. The number of nitrogen functional groups attached to an aromatic ring is 1. The standard InChI is InChI=1S/C24H29N3S.C2H6/c1-5-12-27-16-19(7-3)20-13-21(15-25)24(26)22(14-20)17(4)28-23-11-9-8-10-18(23)6-2;1-2/h5,7-17,25H,6,26H2,1-4H3;1-2H3/b12-5-,19-7-,25-15?,27-16+;. The average molecular weight is 422 g/mol. The number of hydrogen-bond acceptors (Lipinski definition) is 4. The van der Waals surface area contributed by atoms with Crippen molar-refractivity contribution in [3.05, 3.63) is 77.0 Å². The van der Waals surface area contributed by atoms with E-state index in [0.29, 0.717) is 5.69 Å². The van der Waals surface area contributed by atoms with Crippen LogP contribution in [0.15, 0.2) is 64.6 Å². The van der Waals surface area contributed by atoms with Gasteiger partial charge in [-0.1, -0.05) is 51.1 Å². The number of allylic oxidation sites excluding steroid dienone is 3. The molecule has 4 heteroatoms. The average Bonchev–Trinajstić information content (AvgIpc) is 2.78. The quantitative estimate of drug-likeness (QED) is 0.260. The van der Waals surface area contributed by atoms with Gasteiger partial charge in [-0.3, -0.25) is 4.99 Å². The van der Waals surface area contributed by atoms with Gasteiger partial charge in [-0.15, -0.1) is 11.8 Å². The van der Waals surface area contributed by atoms with E-state index < -0.39 is 0 Å². The molecule has 2 rings (SSSR count). The number of nitrogens with one attached hydrogen (secondary N) is 1. The van der Waals surface area contributed by atoms with Crippen LogP contribution in [0.3, 0.4) is 0 Å². The Morgan fingerprint density at radius 2 is 1.90 bits per heavy atom. The second-order valence-corrected chi connectivity index (χ2v) is 7.82. The Bertz CT molecular complexity index is 910. The van der Waals surface area contributed by atoms with Crippen LogP contribution >= 0.6 is 11.8 Å². The molecular weight excluding hydrogens is 386 g/mol. The topological polar surface area (TPSA) is 62.2 Å². The first kappa shape index (κ1) is 25.4. The molecule has 0 aliphatic heterocycles. The molecule has 0 amide bonds. The molecule has 1 atom stereocenters. The predicted octanol–water partition coefficient (Wildman–Crippen LogP) is 7.72. The van der Waals surface area contributed by atoms with Gasteiger partial charge in [0.25, 0.3) is 0 Å². The van der Waals surface area contributed by atoms with Crippen LogP contribution < -0.4 is 5.73 Å². The number of nitrogens with two attached hydrogens (primary N) is 1. The molecule has 0 aliphatic rings. The highest BCUT2D eigenvalue weighted by molar-refractivity contribution is 7.99. The molecule has 2 aromatic rings. The number of nitrogens with zero attached hydrogens (tertiary/aromatic N) is 1. The van der Waals surface area contributed by atoms with Crippen LogP contribution in [0, 0.1) is 5.41 Å². The molecule has 0 bridgehead atoms. The Morgan fingerprint density at radius 1 is 1.20 bits per heavy atom. The predicted molar refractivity (Wildman–Crippen MR) is 137 cm³/mol. The molecule has 3 nitrogen and oxygen atoms in total. The van der Waals surface area contributed by atoms with Gasteiger partial charge in [0, 0.05) is 40.0 Å². The van der Waals surface area contributed by atoms with Gasteiger partial charge in [-0.2, -0.15) is 0 Å². The van der Waals surface area contributed by atoms with Crippen LogP contribution in [0.1, 0.15) is 69.0 Å². The lowest BCUT2D eigenvalue weighted by Crippen LogP contribution is -2.04. The minimum absolute atomic E-state index is 0.164. The first-order chi connectivity index (χ1) is 14.5. The minimum Gasteiger partial charge on any atom is -0.398 e. The van der Waals surface area contributed by atoms with E-state index in [0.717, 1.165) is 28.7 Å². The summed E-state index contributed by atoms with van der Waals surface area (Å²) < 4.78 is 0. The molecular formula is C26H35N3S. The first-order valence-electron chi connectivity index (χ1n) is 10.5. The number of aryl methyl sites for hydroxylation is 1. The van der Waals surface area contributed by atoms with Crippen LogP contribution in [0.4, 0.5) is 5.69 Å². The third-order valence-corrected chi connectivity index (χ3v) is 5.85. The number of thioether (sulfide) groups is 1. The van der Waals surface area contributed by atoms with Crippen LogP contribution in [0.5, 0.6) is 0 Å². The second-order valence-electron chi connectivity index (χ2n) is 6.44. The molecule has 0 aliphatic carbocycles. The monoisotopic (exact) mass is 421 g/mol. The summed E-state index contributed by atoms with van der Waals surface area (Å²) in [5.74, 6) is 0. The fourth-order valence-electron chi connectivity index (χ4n) is 3.01. The van der Waals surface area contributed by atoms with Crippen molar-refractivity contribution in [2.45, 2.75) is 58.1 Å². The Morgan fingerprint density at radius 3 is 2.50 bits per heavy atom. The molecule has 3 N–H and O–H groups in total. The van der Waals surface area contributed by atoms with E-state index in [1.54, 1.807) is 6.20 Å². The van der Waals surface area contributed by atoms with Crippen LogP contribution in [-0.2, 0) is 6.42 Å². The number of anilines is 1. The number of rotatable bonds is 8. The maximum absolute atomic E-state index is 7.79. The van der Waals surface area contributed by atoms with Crippen molar-refractivity contribution in [3.8, 4) is 0 Å². The number of hydrogen-bond donors (Lipinski definition) is 2. The lowest BCUT2D eigenvalue weighted by molar-refractivity contribution is 1.06. The van der Waals surface area contributed by atoms with Gasteiger partial charge >= 0.3 is 0 Å². The summed E-state index contributed by atoms with van der Waals surface area (Å²) in [5.41, 5.74) is 12.3. The third kappa shape index (κ3) is 6.74. The first-order valence-corrected chi connectivity index (χ1v) is 11.4. The van der Waals surface area contributed by atoms with E-state index in [4.69, 9.17) is 11.1 Å². The Labute approximate surface area is 186 Å². The molecule has 1 unspecified atom stereocenters. The van der Waals surface area contributed by atoms with Gasteiger partial charge in [0.05, 0.1) is 0 Å². The van der Waals surface area contributed by atoms with E-state index in [1.807, 2.05) is 63.9 Å². The van der Waals surface area contributed by atoms with Gasteiger partial charge in [-0.05, 0) is 67.7 Å². The van der Waals surface area contributed by atoms with Crippen LogP contribution in [0.25, 0.3) is 5.57 Å². The highest BCUT2D eigenvalue weighted by atomic mass is 32.2. The molecule has 30 heavy (non-hydrogen) atoms. The van der Waals surface area contributed by atoms with E-state index >= 15 is 0 Å². The number of benzene rings is 2. The largest absolute Gasteiger partial charge is 0.398 e. The van der Waals surface area contributed by atoms with Gasteiger partial charge in [0.2, 0.25) is 0 Å². The SMILES string of the molecule is CC.C\C=C/N=C/C(=C/C)c1cc(C=N)c(N)c(C(C)Sc2ccccc2CC)c1. The highest BCUT2D eigenvalue weighted by Gasteiger charge is 2.16. The van der Waals surface area contributed by atoms with E-state index in [1.165, 1.54) is 16.7 Å². The van der Waals surface area contributed by atoms with E-state index in [9.17, 15) is 0 Å². The molecule has 160 valence electrons. The van der Waals surface area contributed by atoms with Gasteiger partial charge in [0.1, 0.15) is 0 Å². The van der Waals surface area contributed by atoms with Gasteiger partial charge < -0.3 is 11.1 Å². The summed E-state index contributed by atoms with van der Waals surface area (Å²) in [6.45, 7) is 12.3. The minimum atomic E-state index is 0.164. The summed E-state index contributed by atoms with van der Waals surface area (Å²) >= 11 is 1.81. The van der Waals surface area contributed by atoms with Crippen molar-refractivity contribution >= 4 is 35.5 Å². The zero-order chi connectivity index (χ0) is 22.5. The van der Waals surface area contributed by atoms with Crippen LogP contribution in [0.2, 0.25) is 0 Å². The Hall–Kier alpha value is -2.59. The van der Waals surface area contributed by atoms with Crippen molar-refractivity contribution < 1.29 is 0 Å². The fourth-order valence-corrected chi connectivity index (χ4v) is 4.24. The molecule has 0 fully saturated rings. The van der Waals surface area contributed by atoms with Crippen molar-refractivity contribution in [1.29, 1.82) is 5.41 Å². The lowest BCUT2D eigenvalue weighted by atomic mass is 9.97. The number of aliphatic imine (C=N–C) groups is 1. The van der Waals surface area contributed by atoms with E-state index in [2.05, 4.69) is 49.2 Å². The molecule has 0 saturated carbocycles. The fraction of sp³-hybridized carbons (Fsp3) is 0.308. The smallest absolute Gasteiger partial charge is 0.0447 e. The van der Waals surface area contributed by atoms with Crippen molar-refractivity contribution in [1.82, 2.24) is 0 Å². The maximum Gasteiger partial charge on any atom is 0.0447 e. The van der Waals surface area contributed by atoms with Gasteiger partial charge in [0.15, 0.2) is 0 Å². The Kier molecular flexibility index (Phi) is 11.5. The molecule has 2 aromatic carbocycles. The summed E-state index contributed by atoms with van der Waals surface area (Å²) in [4.78, 5) is 5.59. The van der Waals surface area contributed by atoms with Crippen LogP contribution in [-0.4, -0.2) is 12.4 Å². The summed E-state index contributed by atoms with van der Waals surface area (Å²) in [6, 6.07) is 12.6. The van der Waals surface area contributed by atoms with Crippen molar-refractivity contribution in [3.63, 3.8) is 0 Å². The molecule has 0 saturated heterocycles.